The van der Waals surface area contributed by atoms with E-state index in [1.165, 1.54) is 0 Å². The highest BCUT2D eigenvalue weighted by molar-refractivity contribution is 9.10. The second-order valence-corrected chi connectivity index (χ2v) is 5.25. The Hall–Kier alpha value is -1.17. The van der Waals surface area contributed by atoms with Gasteiger partial charge >= 0.3 is 5.97 Å². The maximum atomic E-state index is 14.0. The van der Waals surface area contributed by atoms with Crippen LogP contribution in [-0.4, -0.2) is 16.2 Å². The van der Waals surface area contributed by atoms with Crippen LogP contribution in [0.1, 0.15) is 30.7 Å². The van der Waals surface area contributed by atoms with E-state index in [-0.39, 0.29) is 22.4 Å². The molecule has 0 bridgehead atoms. The van der Waals surface area contributed by atoms with Crippen molar-refractivity contribution in [3.63, 3.8) is 0 Å². The highest BCUT2D eigenvalue weighted by Gasteiger charge is 2.37. The highest BCUT2D eigenvalue weighted by atomic mass is 79.9. The van der Waals surface area contributed by atoms with Gasteiger partial charge in [0, 0.05) is 17.5 Å². The van der Waals surface area contributed by atoms with Crippen molar-refractivity contribution in [3.05, 3.63) is 27.7 Å². The first-order valence-corrected chi connectivity index (χ1v) is 6.29. The zero-order valence-electron chi connectivity index (χ0n) is 9.29. The summed E-state index contributed by atoms with van der Waals surface area (Å²) in [5.74, 6) is -4.11. The number of carboxylic acid groups (broad SMARTS) is 1. The second kappa shape index (κ2) is 4.84. The van der Waals surface area contributed by atoms with Crippen molar-refractivity contribution in [2.24, 2.45) is 5.92 Å². The predicted octanol–water partition coefficient (Wildman–Crippen LogP) is 3.40. The molecule has 0 heterocycles. The van der Waals surface area contributed by atoms with Gasteiger partial charge in [0.15, 0.2) is 0 Å². The number of phenols is 1. The predicted molar refractivity (Wildman–Crippen MR) is 63.4 cm³/mol. The Balaban J connectivity index is 2.47. The van der Waals surface area contributed by atoms with Gasteiger partial charge in [-0.15, -0.1) is 0 Å². The molecule has 18 heavy (non-hydrogen) atoms. The number of carboxylic acids is 1. The Kier molecular flexibility index (Phi) is 3.56. The second-order valence-electron chi connectivity index (χ2n) is 4.46. The van der Waals surface area contributed by atoms with E-state index in [1.54, 1.807) is 0 Å². The van der Waals surface area contributed by atoms with Crippen molar-refractivity contribution in [2.75, 3.05) is 0 Å². The van der Waals surface area contributed by atoms with Gasteiger partial charge in [-0.05, 0) is 34.7 Å². The molecule has 1 fully saturated rings. The van der Waals surface area contributed by atoms with Crippen LogP contribution in [0.4, 0.5) is 8.78 Å². The molecule has 1 aliphatic carbocycles. The molecule has 0 radical (unpaired) electrons. The zero-order chi connectivity index (χ0) is 13.4. The lowest BCUT2D eigenvalue weighted by molar-refractivity contribution is -0.137. The molecule has 0 aromatic heterocycles. The van der Waals surface area contributed by atoms with E-state index in [9.17, 15) is 18.7 Å². The third-order valence-electron chi connectivity index (χ3n) is 3.13. The average molecular weight is 321 g/mol. The fourth-order valence-electron chi connectivity index (χ4n) is 2.13. The summed E-state index contributed by atoms with van der Waals surface area (Å²) in [6, 6.07) is 0.805. The number of benzene rings is 1. The molecule has 2 N–H and O–H groups in total. The molecule has 1 atom stereocenters. The van der Waals surface area contributed by atoms with Crippen LogP contribution in [0.25, 0.3) is 0 Å². The maximum absolute atomic E-state index is 14.0. The average Bonchev–Trinajstić information content (AvgIpc) is 3.08. The minimum atomic E-state index is -1.09. The fourth-order valence-corrected chi connectivity index (χ4v) is 2.46. The Morgan fingerprint density at radius 2 is 2.11 bits per heavy atom. The number of carbonyl (C=O) groups is 1. The fraction of sp³-hybridized carbons (Fsp3) is 0.417. The number of aromatic hydroxyl groups is 1. The molecule has 0 aliphatic heterocycles. The number of phenolic OH excluding ortho intramolecular Hbond substituents is 1. The van der Waals surface area contributed by atoms with Crippen LogP contribution in [0.15, 0.2) is 10.5 Å². The van der Waals surface area contributed by atoms with Crippen molar-refractivity contribution in [2.45, 2.75) is 25.2 Å². The maximum Gasteiger partial charge on any atom is 0.303 e. The standard InChI is InChI=1S/C12H11BrF2O3/c13-11-8(16)4-7(14)10(12(11)15)6(3-9(17)18)5-1-2-5/h4-6,16H,1-3H2,(H,17,18). The number of hydrogen-bond acceptors (Lipinski definition) is 2. The molecule has 2 rings (SSSR count). The van der Waals surface area contributed by atoms with Crippen LogP contribution in [0.3, 0.4) is 0 Å². The smallest absolute Gasteiger partial charge is 0.303 e. The summed E-state index contributed by atoms with van der Waals surface area (Å²) in [6.45, 7) is 0. The van der Waals surface area contributed by atoms with Crippen LogP contribution < -0.4 is 0 Å². The van der Waals surface area contributed by atoms with Crippen LogP contribution >= 0.6 is 15.9 Å². The van der Waals surface area contributed by atoms with Gasteiger partial charge in [-0.2, -0.15) is 0 Å². The van der Waals surface area contributed by atoms with Gasteiger partial charge in [0.2, 0.25) is 0 Å². The van der Waals surface area contributed by atoms with E-state index in [0.29, 0.717) is 0 Å². The van der Waals surface area contributed by atoms with Crippen LogP contribution in [0, 0.1) is 17.6 Å². The van der Waals surface area contributed by atoms with Crippen molar-refractivity contribution in [1.29, 1.82) is 0 Å². The SMILES string of the molecule is O=C(O)CC(c1c(F)cc(O)c(Br)c1F)C1CC1. The van der Waals surface area contributed by atoms with E-state index >= 15 is 0 Å². The van der Waals surface area contributed by atoms with Crippen molar-refractivity contribution >= 4 is 21.9 Å². The lowest BCUT2D eigenvalue weighted by atomic mass is 9.90. The molecule has 0 amide bonds. The Labute approximate surface area is 111 Å². The normalized spacial score (nSPS) is 16.6. The monoisotopic (exact) mass is 320 g/mol. The molecule has 98 valence electrons. The van der Waals surface area contributed by atoms with Gasteiger partial charge in [0.05, 0.1) is 10.9 Å². The molecular weight excluding hydrogens is 310 g/mol. The van der Waals surface area contributed by atoms with Crippen molar-refractivity contribution in [1.82, 2.24) is 0 Å². The molecule has 6 heteroatoms. The summed E-state index contributed by atoms with van der Waals surface area (Å²) < 4.78 is 27.5. The van der Waals surface area contributed by atoms with Gasteiger partial charge in [0.25, 0.3) is 0 Å². The zero-order valence-corrected chi connectivity index (χ0v) is 10.9. The van der Waals surface area contributed by atoms with Gasteiger partial charge in [-0.25, -0.2) is 8.78 Å². The lowest BCUT2D eigenvalue weighted by Crippen LogP contribution is -2.12. The summed E-state index contributed by atoms with van der Waals surface area (Å²) in [4.78, 5) is 10.8. The molecule has 0 spiro atoms. The molecule has 1 aliphatic rings. The number of hydrogen-bond donors (Lipinski definition) is 2. The summed E-state index contributed by atoms with van der Waals surface area (Å²) in [7, 11) is 0. The first-order chi connectivity index (χ1) is 8.41. The van der Waals surface area contributed by atoms with Gasteiger partial charge in [0.1, 0.15) is 17.4 Å². The molecule has 0 saturated heterocycles. The largest absolute Gasteiger partial charge is 0.507 e. The van der Waals surface area contributed by atoms with E-state index < -0.39 is 29.3 Å². The molecule has 1 unspecified atom stereocenters. The van der Waals surface area contributed by atoms with E-state index in [2.05, 4.69) is 15.9 Å². The summed E-state index contributed by atoms with van der Waals surface area (Å²) in [5.41, 5.74) is -0.246. The summed E-state index contributed by atoms with van der Waals surface area (Å²) in [6.07, 6.45) is 1.24. The summed E-state index contributed by atoms with van der Waals surface area (Å²) in [5, 5.41) is 18.1. The van der Waals surface area contributed by atoms with E-state index in [1.807, 2.05) is 0 Å². The number of rotatable bonds is 4. The lowest BCUT2D eigenvalue weighted by Gasteiger charge is -2.17. The first kappa shape index (κ1) is 13.3. The third kappa shape index (κ3) is 2.48. The number of aliphatic carboxylic acids is 1. The van der Waals surface area contributed by atoms with Gasteiger partial charge < -0.3 is 10.2 Å². The minimum Gasteiger partial charge on any atom is -0.507 e. The third-order valence-corrected chi connectivity index (χ3v) is 3.89. The number of halogens is 3. The van der Waals surface area contributed by atoms with Crippen molar-refractivity contribution < 1.29 is 23.8 Å². The van der Waals surface area contributed by atoms with E-state index in [0.717, 1.165) is 18.9 Å². The minimum absolute atomic E-state index is 0.00143. The van der Waals surface area contributed by atoms with Gasteiger partial charge in [-0.1, -0.05) is 0 Å². The van der Waals surface area contributed by atoms with Crippen LogP contribution in [0.5, 0.6) is 5.75 Å². The molecule has 1 aromatic carbocycles. The van der Waals surface area contributed by atoms with Gasteiger partial charge in [-0.3, -0.25) is 4.79 Å². The van der Waals surface area contributed by atoms with E-state index in [4.69, 9.17) is 5.11 Å². The Bertz CT molecular complexity index is 501. The quantitative estimate of drug-likeness (QED) is 0.836. The summed E-state index contributed by atoms with van der Waals surface area (Å²) >= 11 is 2.83. The Morgan fingerprint density at radius 1 is 1.50 bits per heavy atom. The van der Waals surface area contributed by atoms with Crippen LogP contribution in [-0.2, 0) is 4.79 Å². The highest BCUT2D eigenvalue weighted by Crippen LogP contribution is 2.47. The van der Waals surface area contributed by atoms with Crippen molar-refractivity contribution in [3.8, 4) is 5.75 Å². The molecular formula is C12H11BrF2O3. The first-order valence-electron chi connectivity index (χ1n) is 5.50. The molecule has 3 nitrogen and oxygen atoms in total. The molecule has 1 aromatic rings. The molecule has 1 saturated carbocycles. The van der Waals surface area contributed by atoms with Crippen LogP contribution in [0.2, 0.25) is 0 Å². The Morgan fingerprint density at radius 3 is 2.61 bits per heavy atom. The topological polar surface area (TPSA) is 57.5 Å².